The number of halogens is 3. The van der Waals surface area contributed by atoms with Crippen LogP contribution in [0.2, 0.25) is 0 Å². The summed E-state index contributed by atoms with van der Waals surface area (Å²) in [5.74, 6) is 0. The maximum Gasteiger partial charge on any atom is 0.418 e. The zero-order chi connectivity index (χ0) is 12.3. The number of benzene rings is 1. The Bertz CT molecular complexity index is 358. The molecule has 0 bridgehead atoms. The normalized spacial score (nSPS) is 13.9. The summed E-state index contributed by atoms with van der Waals surface area (Å²) in [6.45, 7) is 3.84. The second kappa shape index (κ2) is 4.87. The van der Waals surface area contributed by atoms with Crippen molar-refractivity contribution in [2.45, 2.75) is 39.0 Å². The minimum atomic E-state index is -4.60. The first-order valence-electron chi connectivity index (χ1n) is 5.26. The average Bonchev–Trinajstić information content (AvgIpc) is 2.25. The molecular weight excluding hydrogens is 217 g/mol. The number of aliphatic hydroxyl groups excluding tert-OH is 1. The molecule has 0 spiro atoms. The molecular formula is C12H15F3O. The molecule has 4 heteroatoms. The van der Waals surface area contributed by atoms with Crippen molar-refractivity contribution in [3.05, 3.63) is 34.9 Å². The summed E-state index contributed by atoms with van der Waals surface area (Å²) in [4.78, 5) is 0. The van der Waals surface area contributed by atoms with Crippen LogP contribution in [0.5, 0.6) is 0 Å². The fraction of sp³-hybridized carbons (Fsp3) is 0.500. The second-order valence-corrected chi connectivity index (χ2v) is 3.68. The van der Waals surface area contributed by atoms with E-state index in [1.54, 1.807) is 6.07 Å². The van der Waals surface area contributed by atoms with Gasteiger partial charge in [-0.2, -0.15) is 13.2 Å². The molecule has 0 radical (unpaired) electrons. The quantitative estimate of drug-likeness (QED) is 0.846. The lowest BCUT2D eigenvalue weighted by atomic mass is 9.97. The van der Waals surface area contributed by atoms with Crippen molar-refractivity contribution in [3.8, 4) is 0 Å². The van der Waals surface area contributed by atoms with E-state index in [9.17, 15) is 13.2 Å². The Balaban J connectivity index is 3.08. The number of aliphatic hydroxyl groups is 1. The van der Waals surface area contributed by atoms with Crippen molar-refractivity contribution < 1.29 is 18.3 Å². The molecule has 1 aromatic carbocycles. The van der Waals surface area contributed by atoms with Gasteiger partial charge in [0, 0.05) is 0 Å². The SMILES string of the molecule is CCc1ccc(C(O)C(F)(F)F)cc1CC. The number of rotatable bonds is 3. The molecule has 1 unspecified atom stereocenters. The average molecular weight is 232 g/mol. The van der Waals surface area contributed by atoms with E-state index < -0.39 is 12.3 Å². The third-order valence-electron chi connectivity index (χ3n) is 2.62. The Morgan fingerprint density at radius 3 is 2.12 bits per heavy atom. The molecule has 0 aliphatic heterocycles. The van der Waals surface area contributed by atoms with Crippen molar-refractivity contribution in [2.75, 3.05) is 0 Å². The highest BCUT2D eigenvalue weighted by Gasteiger charge is 2.39. The molecule has 0 aliphatic carbocycles. The van der Waals surface area contributed by atoms with Crippen LogP contribution in [0.25, 0.3) is 0 Å². The van der Waals surface area contributed by atoms with Gasteiger partial charge in [0.25, 0.3) is 0 Å². The Morgan fingerprint density at radius 2 is 1.69 bits per heavy atom. The largest absolute Gasteiger partial charge is 0.418 e. The topological polar surface area (TPSA) is 20.2 Å². The number of hydrogen-bond acceptors (Lipinski definition) is 1. The second-order valence-electron chi connectivity index (χ2n) is 3.68. The first-order valence-corrected chi connectivity index (χ1v) is 5.26. The molecule has 1 N–H and O–H groups in total. The molecule has 1 aromatic rings. The number of hydrogen-bond donors (Lipinski definition) is 1. The van der Waals surface area contributed by atoms with Gasteiger partial charge < -0.3 is 5.11 Å². The Hall–Kier alpha value is -1.03. The molecule has 0 aliphatic rings. The standard InChI is InChI=1S/C12H15F3O/c1-3-8-5-6-10(7-9(8)4-2)11(16)12(13,14)15/h5-7,11,16H,3-4H2,1-2H3. The molecule has 0 saturated carbocycles. The Labute approximate surface area is 92.9 Å². The van der Waals surface area contributed by atoms with Crippen molar-refractivity contribution in [1.29, 1.82) is 0 Å². The van der Waals surface area contributed by atoms with E-state index in [-0.39, 0.29) is 5.56 Å². The Morgan fingerprint density at radius 1 is 1.12 bits per heavy atom. The van der Waals surface area contributed by atoms with Gasteiger partial charge >= 0.3 is 6.18 Å². The summed E-state index contributed by atoms with van der Waals surface area (Å²) in [5.41, 5.74) is 1.81. The fourth-order valence-corrected chi connectivity index (χ4v) is 1.68. The summed E-state index contributed by atoms with van der Waals surface area (Å²) in [6, 6.07) is 4.44. The van der Waals surface area contributed by atoms with Gasteiger partial charge in [-0.3, -0.25) is 0 Å². The first-order chi connectivity index (χ1) is 7.40. The van der Waals surface area contributed by atoms with Gasteiger partial charge in [-0.05, 0) is 29.5 Å². The Kier molecular flexibility index (Phi) is 3.97. The summed E-state index contributed by atoms with van der Waals surface area (Å²) >= 11 is 0. The summed E-state index contributed by atoms with van der Waals surface area (Å²) in [6.07, 6.45) is -5.53. The van der Waals surface area contributed by atoms with Gasteiger partial charge in [0.05, 0.1) is 0 Å². The number of aryl methyl sites for hydroxylation is 2. The minimum Gasteiger partial charge on any atom is -0.379 e. The van der Waals surface area contributed by atoms with Gasteiger partial charge in [0.1, 0.15) is 0 Å². The predicted molar refractivity (Wildman–Crippen MR) is 56.2 cm³/mol. The molecule has 0 amide bonds. The number of alkyl halides is 3. The molecule has 90 valence electrons. The smallest absolute Gasteiger partial charge is 0.379 e. The first kappa shape index (κ1) is 13.0. The van der Waals surface area contributed by atoms with E-state index in [1.165, 1.54) is 12.1 Å². The minimum absolute atomic E-state index is 0.0819. The van der Waals surface area contributed by atoms with E-state index in [4.69, 9.17) is 5.11 Å². The van der Waals surface area contributed by atoms with E-state index in [0.717, 1.165) is 17.5 Å². The van der Waals surface area contributed by atoms with Gasteiger partial charge in [0.2, 0.25) is 0 Å². The zero-order valence-electron chi connectivity index (χ0n) is 9.30. The van der Waals surface area contributed by atoms with Crippen LogP contribution in [-0.2, 0) is 12.8 Å². The third-order valence-corrected chi connectivity index (χ3v) is 2.62. The van der Waals surface area contributed by atoms with E-state index in [1.807, 2.05) is 13.8 Å². The highest BCUT2D eigenvalue weighted by molar-refractivity contribution is 5.33. The van der Waals surface area contributed by atoms with Gasteiger partial charge in [-0.25, -0.2) is 0 Å². The van der Waals surface area contributed by atoms with Crippen LogP contribution < -0.4 is 0 Å². The van der Waals surface area contributed by atoms with E-state index in [2.05, 4.69) is 0 Å². The highest BCUT2D eigenvalue weighted by Crippen LogP contribution is 2.33. The lowest BCUT2D eigenvalue weighted by molar-refractivity contribution is -0.206. The van der Waals surface area contributed by atoms with Crippen LogP contribution in [0.15, 0.2) is 18.2 Å². The lowest BCUT2D eigenvalue weighted by Gasteiger charge is -2.16. The van der Waals surface area contributed by atoms with Crippen molar-refractivity contribution in [1.82, 2.24) is 0 Å². The summed E-state index contributed by atoms with van der Waals surface area (Å²) in [7, 11) is 0. The van der Waals surface area contributed by atoms with Crippen LogP contribution in [0.1, 0.15) is 36.6 Å². The summed E-state index contributed by atoms with van der Waals surface area (Å²) < 4.78 is 36.9. The van der Waals surface area contributed by atoms with Crippen molar-refractivity contribution in [3.63, 3.8) is 0 Å². The molecule has 1 nitrogen and oxygen atoms in total. The molecule has 0 aromatic heterocycles. The monoisotopic (exact) mass is 232 g/mol. The molecule has 16 heavy (non-hydrogen) atoms. The van der Waals surface area contributed by atoms with E-state index in [0.29, 0.717) is 6.42 Å². The molecule has 1 atom stereocenters. The van der Waals surface area contributed by atoms with E-state index >= 15 is 0 Å². The molecule has 0 saturated heterocycles. The fourth-order valence-electron chi connectivity index (χ4n) is 1.68. The van der Waals surface area contributed by atoms with Gasteiger partial charge in [-0.15, -0.1) is 0 Å². The van der Waals surface area contributed by atoms with Crippen LogP contribution in [0, 0.1) is 0 Å². The predicted octanol–water partition coefficient (Wildman–Crippen LogP) is 3.41. The maximum absolute atomic E-state index is 12.3. The van der Waals surface area contributed by atoms with Crippen LogP contribution in [0.4, 0.5) is 13.2 Å². The zero-order valence-corrected chi connectivity index (χ0v) is 9.30. The third kappa shape index (κ3) is 2.76. The maximum atomic E-state index is 12.3. The molecule has 1 rings (SSSR count). The lowest BCUT2D eigenvalue weighted by Crippen LogP contribution is -2.20. The molecule has 0 heterocycles. The highest BCUT2D eigenvalue weighted by atomic mass is 19.4. The van der Waals surface area contributed by atoms with Crippen LogP contribution in [0.3, 0.4) is 0 Å². The molecule has 0 fully saturated rings. The van der Waals surface area contributed by atoms with Crippen LogP contribution in [-0.4, -0.2) is 11.3 Å². The van der Waals surface area contributed by atoms with Crippen molar-refractivity contribution in [2.24, 2.45) is 0 Å². The van der Waals surface area contributed by atoms with Crippen molar-refractivity contribution >= 4 is 0 Å². The van der Waals surface area contributed by atoms with Crippen LogP contribution >= 0.6 is 0 Å². The van der Waals surface area contributed by atoms with Gasteiger partial charge in [-0.1, -0.05) is 32.0 Å². The van der Waals surface area contributed by atoms with Gasteiger partial charge in [0.15, 0.2) is 6.10 Å². The summed E-state index contributed by atoms with van der Waals surface area (Å²) in [5, 5.41) is 9.12.